The first-order valence-electron chi connectivity index (χ1n) is 6.09. The fourth-order valence-corrected chi connectivity index (χ4v) is 1.70. The van der Waals surface area contributed by atoms with Crippen LogP contribution in [-0.2, 0) is 9.53 Å². The van der Waals surface area contributed by atoms with Crippen molar-refractivity contribution >= 4 is 11.9 Å². The number of halogens is 1. The van der Waals surface area contributed by atoms with E-state index >= 15 is 0 Å². The summed E-state index contributed by atoms with van der Waals surface area (Å²) in [6.07, 6.45) is 0.0921. The molecule has 0 aliphatic heterocycles. The van der Waals surface area contributed by atoms with Gasteiger partial charge in [0.2, 0.25) is 0 Å². The number of benzene rings is 1. The van der Waals surface area contributed by atoms with Gasteiger partial charge < -0.3 is 9.64 Å². The van der Waals surface area contributed by atoms with Crippen LogP contribution in [0.2, 0.25) is 0 Å². The molecule has 1 aromatic rings. The van der Waals surface area contributed by atoms with Crippen molar-refractivity contribution in [1.29, 1.82) is 0 Å². The quantitative estimate of drug-likeness (QED) is 0.769. The van der Waals surface area contributed by atoms with Gasteiger partial charge in [-0.05, 0) is 26.0 Å². The third kappa shape index (κ3) is 4.05. The number of amides is 1. The van der Waals surface area contributed by atoms with Gasteiger partial charge in [-0.25, -0.2) is 4.39 Å². The molecule has 104 valence electrons. The first-order valence-corrected chi connectivity index (χ1v) is 6.09. The van der Waals surface area contributed by atoms with E-state index in [2.05, 4.69) is 4.74 Å². The lowest BCUT2D eigenvalue weighted by Crippen LogP contribution is -2.39. The molecule has 19 heavy (non-hydrogen) atoms. The van der Waals surface area contributed by atoms with Crippen molar-refractivity contribution in [3.05, 3.63) is 35.6 Å². The predicted molar refractivity (Wildman–Crippen MR) is 69.2 cm³/mol. The molecule has 0 fully saturated rings. The Morgan fingerprint density at radius 1 is 1.32 bits per heavy atom. The second kappa shape index (κ2) is 6.87. The molecule has 0 heterocycles. The molecule has 0 atom stereocenters. The minimum absolute atomic E-state index is 0.0149. The first kappa shape index (κ1) is 15.1. The molecule has 5 heteroatoms. The maximum atomic E-state index is 13.6. The van der Waals surface area contributed by atoms with Crippen LogP contribution >= 0.6 is 0 Å². The second-order valence-electron chi connectivity index (χ2n) is 4.40. The predicted octanol–water partition coefficient (Wildman–Crippen LogP) is 2.24. The van der Waals surface area contributed by atoms with E-state index in [9.17, 15) is 14.0 Å². The zero-order valence-electron chi connectivity index (χ0n) is 11.4. The number of nitrogens with zero attached hydrogens (tertiary/aromatic N) is 1. The van der Waals surface area contributed by atoms with Gasteiger partial charge in [-0.1, -0.05) is 12.1 Å². The molecule has 0 saturated heterocycles. The van der Waals surface area contributed by atoms with E-state index in [1.807, 2.05) is 13.8 Å². The van der Waals surface area contributed by atoms with Gasteiger partial charge in [-0.15, -0.1) is 0 Å². The Labute approximate surface area is 112 Å². The molecule has 1 rings (SSSR count). The van der Waals surface area contributed by atoms with E-state index in [-0.39, 0.29) is 24.6 Å². The lowest BCUT2D eigenvalue weighted by atomic mass is 10.1. The topological polar surface area (TPSA) is 46.6 Å². The Morgan fingerprint density at radius 3 is 2.47 bits per heavy atom. The molecule has 0 radical (unpaired) electrons. The summed E-state index contributed by atoms with van der Waals surface area (Å²) < 4.78 is 18.1. The number of esters is 1. The molecule has 0 aliphatic rings. The van der Waals surface area contributed by atoms with E-state index in [1.165, 1.54) is 30.2 Å². The van der Waals surface area contributed by atoms with Crippen LogP contribution < -0.4 is 0 Å². The van der Waals surface area contributed by atoms with E-state index in [0.29, 0.717) is 0 Å². The summed E-state index contributed by atoms with van der Waals surface area (Å²) in [5.41, 5.74) is 0.0149. The molecule has 0 saturated carbocycles. The average Bonchev–Trinajstić information content (AvgIpc) is 2.38. The minimum Gasteiger partial charge on any atom is -0.469 e. The fraction of sp³-hybridized carbons (Fsp3) is 0.429. The molecule has 0 unspecified atom stereocenters. The highest BCUT2D eigenvalue weighted by molar-refractivity contribution is 5.94. The van der Waals surface area contributed by atoms with E-state index in [1.54, 1.807) is 6.07 Å². The third-order valence-electron chi connectivity index (χ3n) is 2.77. The van der Waals surface area contributed by atoms with Crippen molar-refractivity contribution in [1.82, 2.24) is 4.90 Å². The van der Waals surface area contributed by atoms with Gasteiger partial charge in [0.05, 0.1) is 19.1 Å². The van der Waals surface area contributed by atoms with Crippen LogP contribution in [0.3, 0.4) is 0 Å². The van der Waals surface area contributed by atoms with Crippen molar-refractivity contribution in [2.75, 3.05) is 13.7 Å². The van der Waals surface area contributed by atoms with Gasteiger partial charge in [-0.3, -0.25) is 9.59 Å². The van der Waals surface area contributed by atoms with Gasteiger partial charge in [0.1, 0.15) is 5.82 Å². The molecule has 1 amide bonds. The summed E-state index contributed by atoms with van der Waals surface area (Å²) in [6, 6.07) is 5.68. The van der Waals surface area contributed by atoms with Gasteiger partial charge in [0.25, 0.3) is 5.91 Å². The van der Waals surface area contributed by atoms with Crippen LogP contribution in [0.5, 0.6) is 0 Å². The molecule has 0 aliphatic carbocycles. The van der Waals surface area contributed by atoms with E-state index in [0.717, 1.165) is 0 Å². The molecule has 0 bridgehead atoms. The number of carbonyl (C=O) groups excluding carboxylic acids is 2. The fourth-order valence-electron chi connectivity index (χ4n) is 1.70. The number of carbonyl (C=O) groups is 2. The van der Waals surface area contributed by atoms with Crippen LogP contribution in [0.15, 0.2) is 24.3 Å². The normalized spacial score (nSPS) is 10.4. The maximum absolute atomic E-state index is 13.6. The molecular weight excluding hydrogens is 249 g/mol. The van der Waals surface area contributed by atoms with Crippen LogP contribution in [0.1, 0.15) is 30.6 Å². The highest BCUT2D eigenvalue weighted by atomic mass is 19.1. The van der Waals surface area contributed by atoms with E-state index < -0.39 is 17.7 Å². The summed E-state index contributed by atoms with van der Waals surface area (Å²) in [6.45, 7) is 3.84. The van der Waals surface area contributed by atoms with Crippen molar-refractivity contribution in [2.45, 2.75) is 26.3 Å². The Kier molecular flexibility index (Phi) is 5.48. The summed E-state index contributed by atoms with van der Waals surface area (Å²) in [5, 5.41) is 0. The largest absolute Gasteiger partial charge is 0.469 e. The van der Waals surface area contributed by atoms with Gasteiger partial charge >= 0.3 is 5.97 Å². The lowest BCUT2D eigenvalue weighted by Gasteiger charge is -2.26. The average molecular weight is 267 g/mol. The molecular formula is C14H18FNO3. The maximum Gasteiger partial charge on any atom is 0.307 e. The Bertz CT molecular complexity index is 460. The summed E-state index contributed by atoms with van der Waals surface area (Å²) in [7, 11) is 1.29. The Morgan fingerprint density at radius 2 is 1.95 bits per heavy atom. The first-order chi connectivity index (χ1) is 8.97. The van der Waals surface area contributed by atoms with Crippen LogP contribution in [-0.4, -0.2) is 36.5 Å². The zero-order valence-corrected chi connectivity index (χ0v) is 11.4. The summed E-state index contributed by atoms with van der Waals surface area (Å²) >= 11 is 0. The second-order valence-corrected chi connectivity index (χ2v) is 4.40. The molecule has 0 aromatic heterocycles. The molecule has 0 spiro atoms. The Hall–Kier alpha value is -1.91. The SMILES string of the molecule is COC(=O)CCN(C(=O)c1ccccc1F)C(C)C. The lowest BCUT2D eigenvalue weighted by molar-refractivity contribution is -0.140. The Balaban J connectivity index is 2.85. The van der Waals surface area contributed by atoms with Crippen molar-refractivity contribution in [3.63, 3.8) is 0 Å². The minimum atomic E-state index is -0.559. The highest BCUT2D eigenvalue weighted by Gasteiger charge is 2.22. The monoisotopic (exact) mass is 267 g/mol. The van der Waals surface area contributed by atoms with Crippen LogP contribution in [0, 0.1) is 5.82 Å². The van der Waals surface area contributed by atoms with Crippen molar-refractivity contribution < 1.29 is 18.7 Å². The standard InChI is InChI=1S/C14H18FNO3/c1-10(2)16(9-8-13(17)19-3)14(18)11-6-4-5-7-12(11)15/h4-7,10H,8-9H2,1-3H3. The number of ether oxygens (including phenoxy) is 1. The van der Waals surface area contributed by atoms with Crippen molar-refractivity contribution in [3.8, 4) is 0 Å². The van der Waals surface area contributed by atoms with E-state index in [4.69, 9.17) is 0 Å². The van der Waals surface area contributed by atoms with Crippen LogP contribution in [0.4, 0.5) is 4.39 Å². The zero-order chi connectivity index (χ0) is 14.4. The smallest absolute Gasteiger partial charge is 0.307 e. The van der Waals surface area contributed by atoms with Gasteiger partial charge in [0.15, 0.2) is 0 Å². The molecule has 1 aromatic carbocycles. The molecule has 4 nitrogen and oxygen atoms in total. The third-order valence-corrected chi connectivity index (χ3v) is 2.77. The van der Waals surface area contributed by atoms with Gasteiger partial charge in [0, 0.05) is 12.6 Å². The van der Waals surface area contributed by atoms with Crippen LogP contribution in [0.25, 0.3) is 0 Å². The number of hydrogen-bond acceptors (Lipinski definition) is 3. The van der Waals surface area contributed by atoms with Crippen molar-refractivity contribution in [2.24, 2.45) is 0 Å². The molecule has 0 N–H and O–H groups in total. The summed E-state index contributed by atoms with van der Waals surface area (Å²) in [5.74, 6) is -1.37. The van der Waals surface area contributed by atoms with Gasteiger partial charge in [-0.2, -0.15) is 0 Å². The number of hydrogen-bond donors (Lipinski definition) is 0. The highest BCUT2D eigenvalue weighted by Crippen LogP contribution is 2.13. The summed E-state index contributed by atoms with van der Waals surface area (Å²) in [4.78, 5) is 24.8. The number of rotatable bonds is 5. The number of methoxy groups -OCH3 is 1.